The molecule has 0 heterocycles. The summed E-state index contributed by atoms with van der Waals surface area (Å²) in [7, 11) is 0. The van der Waals surface area contributed by atoms with Gasteiger partial charge in [-0.05, 0) is 30.2 Å². The van der Waals surface area contributed by atoms with E-state index in [-0.39, 0.29) is 10.9 Å². The Bertz CT molecular complexity index is 482. The maximum absolute atomic E-state index is 10.8. The highest BCUT2D eigenvalue weighted by molar-refractivity contribution is 8.13. The molecule has 2 unspecified atom stereocenters. The van der Waals surface area contributed by atoms with Crippen molar-refractivity contribution in [2.75, 3.05) is 5.75 Å². The van der Waals surface area contributed by atoms with Crippen LogP contribution in [0.5, 0.6) is 0 Å². The zero-order valence-electron chi connectivity index (χ0n) is 10.3. The van der Waals surface area contributed by atoms with Gasteiger partial charge in [0.05, 0.1) is 17.7 Å². The molecule has 2 atom stereocenters. The highest BCUT2D eigenvalue weighted by atomic mass is 32.2. The number of aliphatic hydroxyl groups is 2. The monoisotopic (exact) mass is 265 g/mol. The maximum atomic E-state index is 10.8. The van der Waals surface area contributed by atoms with Crippen LogP contribution < -0.4 is 0 Å². The van der Waals surface area contributed by atoms with Crippen molar-refractivity contribution in [1.82, 2.24) is 0 Å². The van der Waals surface area contributed by atoms with Gasteiger partial charge in [-0.2, -0.15) is 5.26 Å². The van der Waals surface area contributed by atoms with Crippen LogP contribution in [0.2, 0.25) is 0 Å². The van der Waals surface area contributed by atoms with Crippen molar-refractivity contribution >= 4 is 16.9 Å². The molecular weight excluding hydrogens is 250 g/mol. The minimum atomic E-state index is -1.05. The van der Waals surface area contributed by atoms with Crippen molar-refractivity contribution in [2.24, 2.45) is 0 Å². The lowest BCUT2D eigenvalue weighted by Gasteiger charge is -2.19. The van der Waals surface area contributed by atoms with Crippen LogP contribution >= 0.6 is 11.8 Å². The molecule has 1 aromatic carbocycles. The quantitative estimate of drug-likeness (QED) is 0.863. The van der Waals surface area contributed by atoms with Crippen molar-refractivity contribution in [3.05, 3.63) is 34.9 Å². The number of aryl methyl sites for hydroxylation is 1. The van der Waals surface area contributed by atoms with E-state index in [4.69, 9.17) is 5.26 Å². The average molecular weight is 265 g/mol. The number of benzene rings is 1. The second kappa shape index (κ2) is 6.55. The topological polar surface area (TPSA) is 81.3 Å². The molecule has 0 bridgehead atoms. The van der Waals surface area contributed by atoms with Crippen molar-refractivity contribution in [1.29, 1.82) is 5.26 Å². The van der Waals surface area contributed by atoms with Crippen molar-refractivity contribution in [2.45, 2.75) is 26.1 Å². The van der Waals surface area contributed by atoms with Crippen molar-refractivity contribution < 1.29 is 15.0 Å². The van der Waals surface area contributed by atoms with Gasteiger partial charge in [-0.1, -0.05) is 17.8 Å². The summed E-state index contributed by atoms with van der Waals surface area (Å²) in [5, 5.41) is 28.4. The number of nitrogens with zero attached hydrogens (tertiary/aromatic N) is 1. The fourth-order valence-corrected chi connectivity index (χ4v) is 2.17. The maximum Gasteiger partial charge on any atom is 0.185 e. The van der Waals surface area contributed by atoms with Crippen LogP contribution in [-0.4, -0.2) is 27.2 Å². The van der Waals surface area contributed by atoms with Gasteiger partial charge in [0.1, 0.15) is 6.10 Å². The second-order valence-corrected chi connectivity index (χ2v) is 5.19. The number of hydrogen-bond acceptors (Lipinski definition) is 5. The predicted octanol–water partition coefficient (Wildman–Crippen LogP) is 1.54. The summed E-state index contributed by atoms with van der Waals surface area (Å²) < 4.78 is 0. The lowest BCUT2D eigenvalue weighted by molar-refractivity contribution is -0.109. The van der Waals surface area contributed by atoms with Gasteiger partial charge in [0.25, 0.3) is 0 Å². The zero-order valence-corrected chi connectivity index (χ0v) is 11.1. The smallest absolute Gasteiger partial charge is 0.185 e. The Labute approximate surface area is 110 Å². The molecule has 1 aromatic rings. The fourth-order valence-electron chi connectivity index (χ4n) is 1.58. The van der Waals surface area contributed by atoms with Crippen LogP contribution in [0.25, 0.3) is 0 Å². The molecule has 0 amide bonds. The SMILES string of the molecule is CC(=O)SCC(O)C(O)c1ccc(C#N)cc1C. The van der Waals surface area contributed by atoms with E-state index in [0.717, 1.165) is 17.3 Å². The Morgan fingerprint density at radius 2 is 2.17 bits per heavy atom. The third kappa shape index (κ3) is 3.84. The molecule has 0 saturated heterocycles. The highest BCUT2D eigenvalue weighted by Gasteiger charge is 2.20. The van der Waals surface area contributed by atoms with Gasteiger partial charge in [-0.25, -0.2) is 0 Å². The van der Waals surface area contributed by atoms with E-state index in [0.29, 0.717) is 11.1 Å². The van der Waals surface area contributed by atoms with Gasteiger partial charge >= 0.3 is 0 Å². The van der Waals surface area contributed by atoms with Gasteiger partial charge in [0.2, 0.25) is 0 Å². The standard InChI is InChI=1S/C13H15NO3S/c1-8-5-10(6-14)3-4-11(8)13(17)12(16)7-18-9(2)15/h3-5,12-13,16-17H,7H2,1-2H3. The molecule has 4 nitrogen and oxygen atoms in total. The number of carbonyl (C=O) groups excluding carboxylic acids is 1. The molecular formula is C13H15NO3S. The van der Waals surface area contributed by atoms with E-state index in [1.54, 1.807) is 25.1 Å². The summed E-state index contributed by atoms with van der Waals surface area (Å²) in [6.45, 7) is 3.18. The molecule has 96 valence electrons. The van der Waals surface area contributed by atoms with Gasteiger partial charge in [-0.3, -0.25) is 4.79 Å². The number of nitriles is 1. The summed E-state index contributed by atoms with van der Waals surface area (Å²) in [5.74, 6) is 0.149. The van der Waals surface area contributed by atoms with E-state index < -0.39 is 12.2 Å². The molecule has 0 aliphatic rings. The number of aliphatic hydroxyl groups excluding tert-OH is 2. The van der Waals surface area contributed by atoms with E-state index >= 15 is 0 Å². The molecule has 1 rings (SSSR count). The number of hydrogen-bond donors (Lipinski definition) is 2. The van der Waals surface area contributed by atoms with Crippen molar-refractivity contribution in [3.8, 4) is 6.07 Å². The largest absolute Gasteiger partial charge is 0.389 e. The van der Waals surface area contributed by atoms with E-state index in [2.05, 4.69) is 0 Å². The van der Waals surface area contributed by atoms with Crippen LogP contribution in [0.3, 0.4) is 0 Å². The predicted molar refractivity (Wildman–Crippen MR) is 70.0 cm³/mol. The summed E-state index contributed by atoms with van der Waals surface area (Å²) >= 11 is 0.975. The fraction of sp³-hybridized carbons (Fsp3) is 0.385. The molecule has 0 saturated carbocycles. The van der Waals surface area contributed by atoms with Crippen LogP contribution in [0.15, 0.2) is 18.2 Å². The Morgan fingerprint density at radius 3 is 2.67 bits per heavy atom. The normalized spacial score (nSPS) is 13.7. The van der Waals surface area contributed by atoms with E-state index in [1.807, 2.05) is 6.07 Å². The third-order valence-corrected chi connectivity index (χ3v) is 3.45. The Balaban J connectivity index is 2.80. The van der Waals surface area contributed by atoms with Gasteiger partial charge in [0.15, 0.2) is 5.12 Å². The van der Waals surface area contributed by atoms with Gasteiger partial charge < -0.3 is 10.2 Å². The minimum Gasteiger partial charge on any atom is -0.389 e. The van der Waals surface area contributed by atoms with Crippen LogP contribution in [0, 0.1) is 18.3 Å². The Morgan fingerprint density at radius 1 is 1.50 bits per heavy atom. The summed E-state index contributed by atoms with van der Waals surface area (Å²) in [5.41, 5.74) is 1.83. The number of rotatable bonds is 4. The molecule has 0 radical (unpaired) electrons. The molecule has 18 heavy (non-hydrogen) atoms. The molecule has 2 N–H and O–H groups in total. The first-order valence-corrected chi connectivity index (χ1v) is 6.44. The van der Waals surface area contributed by atoms with Crippen LogP contribution in [0.1, 0.15) is 29.7 Å². The summed E-state index contributed by atoms with van der Waals surface area (Å²) in [6, 6.07) is 6.89. The molecule has 0 spiro atoms. The molecule has 0 aliphatic heterocycles. The van der Waals surface area contributed by atoms with E-state index in [9.17, 15) is 15.0 Å². The summed E-state index contributed by atoms with van der Waals surface area (Å²) in [4.78, 5) is 10.8. The minimum absolute atomic E-state index is 0.0993. The number of carbonyl (C=O) groups is 1. The average Bonchev–Trinajstić information content (AvgIpc) is 2.34. The van der Waals surface area contributed by atoms with Crippen LogP contribution in [-0.2, 0) is 4.79 Å². The molecule has 5 heteroatoms. The Kier molecular flexibility index (Phi) is 5.35. The van der Waals surface area contributed by atoms with Gasteiger partial charge in [-0.15, -0.1) is 0 Å². The highest BCUT2D eigenvalue weighted by Crippen LogP contribution is 2.23. The first kappa shape index (κ1) is 14.7. The summed E-state index contributed by atoms with van der Waals surface area (Å²) in [6.07, 6.45) is -2.06. The van der Waals surface area contributed by atoms with Crippen molar-refractivity contribution in [3.63, 3.8) is 0 Å². The lowest BCUT2D eigenvalue weighted by Crippen LogP contribution is -2.22. The first-order chi connectivity index (χ1) is 8.45. The lowest BCUT2D eigenvalue weighted by atomic mass is 9.98. The van der Waals surface area contributed by atoms with E-state index in [1.165, 1.54) is 6.92 Å². The first-order valence-electron chi connectivity index (χ1n) is 5.46. The Hall–Kier alpha value is -1.35. The van der Waals surface area contributed by atoms with Crippen LogP contribution in [0.4, 0.5) is 0 Å². The van der Waals surface area contributed by atoms with Gasteiger partial charge in [0, 0.05) is 12.7 Å². The molecule has 0 aromatic heterocycles. The second-order valence-electron chi connectivity index (χ2n) is 4.00. The number of thioether (sulfide) groups is 1. The third-order valence-electron chi connectivity index (χ3n) is 2.54. The molecule has 0 aliphatic carbocycles. The molecule has 0 fully saturated rings. The zero-order chi connectivity index (χ0) is 13.7.